The van der Waals surface area contributed by atoms with Gasteiger partial charge in [0.2, 0.25) is 0 Å². The zero-order chi connectivity index (χ0) is 31.2. The molecule has 3 fully saturated rings. The molecule has 0 aliphatic heterocycles. The van der Waals surface area contributed by atoms with Crippen LogP contribution in [0.3, 0.4) is 0 Å². The van der Waals surface area contributed by atoms with E-state index in [4.69, 9.17) is 9.47 Å². The molecule has 236 valence electrons. The molecule has 0 bridgehead atoms. The fourth-order valence-corrected chi connectivity index (χ4v) is 10.1. The molecular formula is C37H52O6. The van der Waals surface area contributed by atoms with Crippen LogP contribution in [-0.2, 0) is 19.1 Å². The molecule has 0 saturated heterocycles. The number of esters is 1. The highest BCUT2D eigenvalue weighted by Gasteiger charge is 2.63. The van der Waals surface area contributed by atoms with E-state index in [1.807, 2.05) is 30.3 Å². The van der Waals surface area contributed by atoms with Crippen molar-refractivity contribution in [1.82, 2.24) is 0 Å². The molecule has 4 aliphatic rings. The summed E-state index contributed by atoms with van der Waals surface area (Å²) in [5.41, 5.74) is 0.121. The second kappa shape index (κ2) is 12.1. The van der Waals surface area contributed by atoms with Crippen LogP contribution in [0.1, 0.15) is 110 Å². The fraction of sp³-hybridized carbons (Fsp3) is 0.703. The Bertz CT molecular complexity index is 1220. The summed E-state index contributed by atoms with van der Waals surface area (Å²) in [7, 11) is 0. The Balaban J connectivity index is 1.29. The van der Waals surface area contributed by atoms with Crippen molar-refractivity contribution >= 4 is 18.2 Å². The van der Waals surface area contributed by atoms with E-state index >= 15 is 0 Å². The van der Waals surface area contributed by atoms with Crippen molar-refractivity contribution in [2.24, 2.45) is 46.3 Å². The lowest BCUT2D eigenvalue weighted by Crippen LogP contribution is -2.60. The van der Waals surface area contributed by atoms with Gasteiger partial charge in [0.1, 0.15) is 17.8 Å². The van der Waals surface area contributed by atoms with Gasteiger partial charge in [-0.25, -0.2) is 4.79 Å². The maximum atomic E-state index is 12.8. The number of Topliss-reactive ketones (excluding diaryl/α,β-unsaturated/α-hetero) is 1. The van der Waals surface area contributed by atoms with Crippen LogP contribution in [0.5, 0.6) is 0 Å². The molecule has 1 aromatic carbocycles. The minimum Gasteiger partial charge on any atom is -0.464 e. The summed E-state index contributed by atoms with van der Waals surface area (Å²) in [5.74, 6) is 2.36. The smallest absolute Gasteiger partial charge is 0.338 e. The molecule has 6 nitrogen and oxygen atoms in total. The third-order valence-electron chi connectivity index (χ3n) is 12.8. The average Bonchev–Trinajstić information content (AvgIpc) is 3.33. The highest BCUT2D eigenvalue weighted by Crippen LogP contribution is 2.68. The van der Waals surface area contributed by atoms with Crippen LogP contribution in [0, 0.1) is 46.3 Å². The van der Waals surface area contributed by atoms with Gasteiger partial charge in [-0.15, -0.1) is 0 Å². The Labute approximate surface area is 258 Å². The number of hydrogen-bond donors (Lipinski definition) is 1. The van der Waals surface area contributed by atoms with E-state index in [0.717, 1.165) is 37.7 Å². The molecule has 1 N–H and O–H groups in total. The minimum absolute atomic E-state index is 0.104. The van der Waals surface area contributed by atoms with Gasteiger partial charge >= 0.3 is 5.97 Å². The molecule has 6 heteroatoms. The van der Waals surface area contributed by atoms with Crippen LogP contribution < -0.4 is 0 Å². The van der Waals surface area contributed by atoms with Gasteiger partial charge < -0.3 is 14.6 Å². The van der Waals surface area contributed by atoms with Crippen molar-refractivity contribution in [1.29, 1.82) is 0 Å². The largest absolute Gasteiger partial charge is 0.464 e. The van der Waals surface area contributed by atoms with Crippen molar-refractivity contribution in [2.45, 2.75) is 117 Å². The third-order valence-corrected chi connectivity index (χ3v) is 12.8. The molecular weight excluding hydrogens is 540 g/mol. The minimum atomic E-state index is -1.47. The monoisotopic (exact) mass is 592 g/mol. The SMILES string of the molecule is CC(=O)[C@@]1(O)CC2=CC[C@H]3[C@@H]4CC[C@H]([C@H](C)CC[C@@H](OC(=O)c5ccccc5)C(C)C)[C@@]4(C)CC[C@@H]3[C@@]2(C)[C@@H](OC=O)C1. The second-order valence-corrected chi connectivity index (χ2v) is 15.2. The summed E-state index contributed by atoms with van der Waals surface area (Å²) >= 11 is 0. The maximum Gasteiger partial charge on any atom is 0.338 e. The maximum absolute atomic E-state index is 12.8. The first kappa shape index (κ1) is 31.9. The van der Waals surface area contributed by atoms with Gasteiger partial charge in [0.05, 0.1) is 5.56 Å². The van der Waals surface area contributed by atoms with E-state index in [2.05, 4.69) is 40.7 Å². The molecule has 1 aromatic rings. The predicted molar refractivity (Wildman–Crippen MR) is 166 cm³/mol. The number of benzene rings is 1. The number of allylic oxidation sites excluding steroid dienone is 1. The predicted octanol–water partition coefficient (Wildman–Crippen LogP) is 7.33. The molecule has 4 aliphatic carbocycles. The zero-order valence-electron chi connectivity index (χ0n) is 27.0. The molecule has 0 amide bonds. The van der Waals surface area contributed by atoms with Crippen molar-refractivity contribution < 1.29 is 29.0 Å². The first-order valence-corrected chi connectivity index (χ1v) is 16.6. The standard InChI is InChI=1S/C37H52O6/c1-23(2)32(43-34(40)26-10-8-7-9-11-26)17-12-24(3)29-15-16-30-28-14-13-27-20-37(41,25(4)39)21-33(42-22-38)36(27,6)31(28)18-19-35(29,30)5/h7-11,13,22-24,28-33,41H,12,14-21H2,1-6H3/t24-,28+,29-,30+,31+,32-,33+,35-,36+,37-/m1/s1. The summed E-state index contributed by atoms with van der Waals surface area (Å²) in [6.45, 7) is 13.4. The van der Waals surface area contributed by atoms with Crippen LogP contribution in [0.4, 0.5) is 0 Å². The summed E-state index contributed by atoms with van der Waals surface area (Å²) in [4.78, 5) is 36.9. The topological polar surface area (TPSA) is 89.9 Å². The lowest BCUT2D eigenvalue weighted by molar-refractivity contribution is -0.170. The molecule has 10 atom stereocenters. The van der Waals surface area contributed by atoms with Gasteiger partial charge in [-0.3, -0.25) is 9.59 Å². The first-order valence-electron chi connectivity index (χ1n) is 16.6. The number of ketones is 1. The number of ether oxygens (including phenoxy) is 2. The van der Waals surface area contributed by atoms with E-state index in [0.29, 0.717) is 48.0 Å². The quantitative estimate of drug-likeness (QED) is 0.174. The summed E-state index contributed by atoms with van der Waals surface area (Å²) in [6.07, 6.45) is 9.68. The Kier molecular flexibility index (Phi) is 9.02. The number of rotatable bonds is 10. The lowest BCUT2D eigenvalue weighted by Gasteiger charge is -2.60. The summed E-state index contributed by atoms with van der Waals surface area (Å²) < 4.78 is 11.7. The van der Waals surface area contributed by atoms with Crippen LogP contribution in [-0.4, -0.2) is 41.1 Å². The first-order chi connectivity index (χ1) is 20.3. The van der Waals surface area contributed by atoms with Crippen LogP contribution >= 0.6 is 0 Å². The summed E-state index contributed by atoms with van der Waals surface area (Å²) in [6, 6.07) is 9.27. The van der Waals surface area contributed by atoms with E-state index in [1.54, 1.807) is 0 Å². The Morgan fingerprint density at radius 3 is 2.42 bits per heavy atom. The van der Waals surface area contributed by atoms with Gasteiger partial charge in [-0.1, -0.05) is 64.5 Å². The van der Waals surface area contributed by atoms with Gasteiger partial charge in [0.25, 0.3) is 6.47 Å². The van der Waals surface area contributed by atoms with E-state index in [9.17, 15) is 19.5 Å². The van der Waals surface area contributed by atoms with Crippen molar-refractivity contribution in [3.63, 3.8) is 0 Å². The molecule has 0 spiro atoms. The number of carbonyl (C=O) groups is 3. The number of carbonyl (C=O) groups excluding carboxylic acids is 3. The summed E-state index contributed by atoms with van der Waals surface area (Å²) in [5, 5.41) is 11.2. The third kappa shape index (κ3) is 5.62. The number of aliphatic hydroxyl groups is 1. The number of hydrogen-bond acceptors (Lipinski definition) is 6. The highest BCUT2D eigenvalue weighted by molar-refractivity contribution is 5.89. The Morgan fingerprint density at radius 1 is 1.05 bits per heavy atom. The normalized spacial score (nSPS) is 38.1. The molecule has 0 radical (unpaired) electrons. The molecule has 5 rings (SSSR count). The Morgan fingerprint density at radius 2 is 1.77 bits per heavy atom. The van der Waals surface area contributed by atoms with E-state index in [1.165, 1.54) is 19.8 Å². The van der Waals surface area contributed by atoms with Crippen LogP contribution in [0.25, 0.3) is 0 Å². The highest BCUT2D eigenvalue weighted by atomic mass is 16.5. The van der Waals surface area contributed by atoms with E-state index in [-0.39, 0.29) is 41.0 Å². The molecule has 3 saturated carbocycles. The van der Waals surface area contributed by atoms with Crippen LogP contribution in [0.15, 0.2) is 42.0 Å². The average molecular weight is 593 g/mol. The molecule has 0 heterocycles. The van der Waals surface area contributed by atoms with Crippen molar-refractivity contribution in [3.05, 3.63) is 47.5 Å². The second-order valence-electron chi connectivity index (χ2n) is 15.2. The lowest BCUT2D eigenvalue weighted by atomic mass is 9.45. The van der Waals surface area contributed by atoms with Gasteiger partial charge in [0, 0.05) is 18.3 Å². The fourth-order valence-electron chi connectivity index (χ4n) is 10.1. The number of fused-ring (bicyclic) bond motifs is 5. The van der Waals surface area contributed by atoms with E-state index < -0.39 is 11.7 Å². The van der Waals surface area contributed by atoms with Gasteiger partial charge in [-0.05, 0) is 105 Å². The van der Waals surface area contributed by atoms with Crippen molar-refractivity contribution in [3.8, 4) is 0 Å². The van der Waals surface area contributed by atoms with Crippen molar-refractivity contribution in [2.75, 3.05) is 0 Å². The van der Waals surface area contributed by atoms with Gasteiger partial charge in [0.15, 0.2) is 5.78 Å². The van der Waals surface area contributed by atoms with Crippen LogP contribution in [0.2, 0.25) is 0 Å². The molecule has 43 heavy (non-hydrogen) atoms. The molecule has 0 aromatic heterocycles. The zero-order valence-corrected chi connectivity index (χ0v) is 27.0. The Hall–Kier alpha value is -2.47. The molecule has 0 unspecified atom stereocenters. The van der Waals surface area contributed by atoms with Gasteiger partial charge in [-0.2, -0.15) is 0 Å².